The van der Waals surface area contributed by atoms with Crippen LogP contribution < -0.4 is 10.4 Å². The summed E-state index contributed by atoms with van der Waals surface area (Å²) in [6, 6.07) is 13.3. The summed E-state index contributed by atoms with van der Waals surface area (Å²) in [6.45, 7) is 7.25. The minimum atomic E-state index is -1.24. The van der Waals surface area contributed by atoms with E-state index in [9.17, 15) is 0 Å². The number of hydrogen-bond acceptors (Lipinski definition) is 0. The SMILES string of the molecule is C[Si](C)(C)C1=Cc2c3c(ccc2=C1)=c1ccccc1=C3. The van der Waals surface area contributed by atoms with Crippen molar-refractivity contribution in [1.29, 1.82) is 0 Å². The number of hydrogen-bond donors (Lipinski definition) is 0. The van der Waals surface area contributed by atoms with E-state index in [2.05, 4.69) is 74.3 Å². The second-order valence-electron chi connectivity index (χ2n) is 6.76. The molecule has 0 amide bonds. The summed E-state index contributed by atoms with van der Waals surface area (Å²) in [6.07, 6.45) is 7.18. The molecule has 2 aliphatic rings. The number of fused-ring (bicyclic) bond motifs is 4. The lowest BCUT2D eigenvalue weighted by atomic mass is 10.1. The quantitative estimate of drug-likeness (QED) is 0.598. The third-order valence-corrected chi connectivity index (χ3v) is 6.37. The summed E-state index contributed by atoms with van der Waals surface area (Å²) in [5.41, 5.74) is 2.84. The Kier molecular flexibility index (Phi) is 2.28. The van der Waals surface area contributed by atoms with Crippen molar-refractivity contribution in [2.45, 2.75) is 19.6 Å². The molecule has 0 saturated carbocycles. The fourth-order valence-electron chi connectivity index (χ4n) is 3.15. The van der Waals surface area contributed by atoms with Crippen LogP contribution in [0.1, 0.15) is 11.1 Å². The normalized spacial score (nSPS) is 14.8. The Balaban J connectivity index is 2.09. The number of rotatable bonds is 1. The molecule has 0 fully saturated rings. The van der Waals surface area contributed by atoms with Gasteiger partial charge in [0.05, 0.1) is 8.07 Å². The highest BCUT2D eigenvalue weighted by Gasteiger charge is 2.22. The van der Waals surface area contributed by atoms with Gasteiger partial charge in [-0.3, -0.25) is 0 Å². The third-order valence-electron chi connectivity index (χ3n) is 4.35. The smallest absolute Gasteiger partial charge is 0.0656 e. The van der Waals surface area contributed by atoms with Crippen molar-refractivity contribution >= 4 is 26.3 Å². The van der Waals surface area contributed by atoms with Crippen molar-refractivity contribution < 1.29 is 0 Å². The molecule has 20 heavy (non-hydrogen) atoms. The lowest BCUT2D eigenvalue weighted by molar-refractivity contribution is 1.45. The molecular formula is C19H18Si. The van der Waals surface area contributed by atoms with Gasteiger partial charge in [-0.25, -0.2) is 0 Å². The fourth-order valence-corrected chi connectivity index (χ4v) is 4.32. The maximum Gasteiger partial charge on any atom is 0.0776 e. The average molecular weight is 274 g/mol. The van der Waals surface area contributed by atoms with Gasteiger partial charge in [0, 0.05) is 0 Å². The lowest BCUT2D eigenvalue weighted by Crippen LogP contribution is -2.21. The van der Waals surface area contributed by atoms with Crippen LogP contribution in [0.3, 0.4) is 0 Å². The highest BCUT2D eigenvalue weighted by atomic mass is 28.3. The minimum absolute atomic E-state index is 1.24. The van der Waals surface area contributed by atoms with Crippen LogP contribution in [-0.2, 0) is 0 Å². The van der Waals surface area contributed by atoms with Gasteiger partial charge < -0.3 is 0 Å². The van der Waals surface area contributed by atoms with Gasteiger partial charge in [-0.05, 0) is 38.1 Å². The van der Waals surface area contributed by atoms with Gasteiger partial charge in [0.1, 0.15) is 0 Å². The monoisotopic (exact) mass is 274 g/mol. The zero-order chi connectivity index (χ0) is 13.9. The zero-order valence-corrected chi connectivity index (χ0v) is 13.2. The Bertz CT molecular complexity index is 970. The molecule has 0 atom stereocenters. The van der Waals surface area contributed by atoms with Crippen LogP contribution in [0.5, 0.6) is 0 Å². The highest BCUT2D eigenvalue weighted by molar-refractivity contribution is 6.85. The first-order valence-electron chi connectivity index (χ1n) is 7.22. The molecule has 0 aromatic heterocycles. The summed E-state index contributed by atoms with van der Waals surface area (Å²) in [5, 5.41) is 7.07. The summed E-state index contributed by atoms with van der Waals surface area (Å²) >= 11 is 0. The molecule has 2 aliphatic carbocycles. The second kappa shape index (κ2) is 3.83. The first-order chi connectivity index (χ1) is 9.54. The van der Waals surface area contributed by atoms with Crippen LogP contribution >= 0.6 is 0 Å². The molecular weight excluding hydrogens is 256 g/mol. The molecule has 4 rings (SSSR count). The molecule has 2 aromatic carbocycles. The molecule has 2 aromatic rings. The van der Waals surface area contributed by atoms with Gasteiger partial charge in [0.15, 0.2) is 0 Å². The van der Waals surface area contributed by atoms with Gasteiger partial charge in [0.25, 0.3) is 0 Å². The Labute approximate surface area is 120 Å². The molecule has 98 valence electrons. The van der Waals surface area contributed by atoms with Crippen LogP contribution in [-0.4, -0.2) is 8.07 Å². The van der Waals surface area contributed by atoms with Crippen LogP contribution in [0.15, 0.2) is 41.6 Å². The van der Waals surface area contributed by atoms with Gasteiger partial charge in [0.2, 0.25) is 0 Å². The van der Waals surface area contributed by atoms with Crippen LogP contribution in [0.2, 0.25) is 19.6 Å². The Morgan fingerprint density at radius 1 is 0.650 bits per heavy atom. The Hall–Kier alpha value is -1.86. The minimum Gasteiger partial charge on any atom is -0.0656 e. The molecule has 0 bridgehead atoms. The van der Waals surface area contributed by atoms with Gasteiger partial charge in [-0.2, -0.15) is 0 Å². The van der Waals surface area contributed by atoms with E-state index in [4.69, 9.17) is 0 Å². The average Bonchev–Trinajstić information content (AvgIpc) is 2.98. The summed E-state index contributed by atoms with van der Waals surface area (Å²) in [7, 11) is -1.24. The van der Waals surface area contributed by atoms with Crippen molar-refractivity contribution in [2.24, 2.45) is 0 Å². The summed E-state index contributed by atoms with van der Waals surface area (Å²) < 4.78 is 0. The second-order valence-corrected chi connectivity index (χ2v) is 11.8. The van der Waals surface area contributed by atoms with E-state index in [0.29, 0.717) is 0 Å². The predicted molar refractivity (Wildman–Crippen MR) is 89.2 cm³/mol. The molecule has 0 heterocycles. The van der Waals surface area contributed by atoms with Crippen molar-refractivity contribution in [1.82, 2.24) is 0 Å². The summed E-state index contributed by atoms with van der Waals surface area (Å²) in [5.74, 6) is 0. The maximum atomic E-state index is 2.43. The van der Waals surface area contributed by atoms with E-state index in [0.717, 1.165) is 0 Å². The Morgan fingerprint density at radius 3 is 2.25 bits per heavy atom. The maximum absolute atomic E-state index is 2.43. The van der Waals surface area contributed by atoms with Gasteiger partial charge >= 0.3 is 0 Å². The van der Waals surface area contributed by atoms with Crippen molar-refractivity contribution in [3.8, 4) is 0 Å². The van der Waals surface area contributed by atoms with E-state index < -0.39 is 8.07 Å². The van der Waals surface area contributed by atoms with Gasteiger partial charge in [-0.15, -0.1) is 0 Å². The fraction of sp³-hybridized carbons (Fsp3) is 0.158. The Morgan fingerprint density at radius 2 is 1.45 bits per heavy atom. The van der Waals surface area contributed by atoms with E-state index in [1.807, 2.05) is 0 Å². The van der Waals surface area contributed by atoms with Crippen LogP contribution in [0.4, 0.5) is 0 Å². The van der Waals surface area contributed by atoms with Crippen LogP contribution in [0.25, 0.3) is 18.2 Å². The molecule has 1 heteroatoms. The largest absolute Gasteiger partial charge is 0.0776 e. The number of benzene rings is 2. The molecule has 0 nitrogen and oxygen atoms in total. The van der Waals surface area contributed by atoms with Crippen LogP contribution in [0, 0.1) is 10.4 Å². The molecule has 0 N–H and O–H groups in total. The van der Waals surface area contributed by atoms with E-state index in [1.165, 1.54) is 32.0 Å². The topological polar surface area (TPSA) is 0 Å². The summed E-state index contributed by atoms with van der Waals surface area (Å²) in [4.78, 5) is 0. The molecule has 0 saturated heterocycles. The number of allylic oxidation sites excluding steroid dienone is 1. The standard InChI is InChI=1S/C19H18Si/c1-20(2,3)15-10-14-8-9-17-16-7-5-4-6-13(16)11-19(17)18(14)12-15/h4-12H,1-3H3. The molecule has 0 radical (unpaired) electrons. The first kappa shape index (κ1) is 11.9. The lowest BCUT2D eigenvalue weighted by Gasteiger charge is -2.15. The highest BCUT2D eigenvalue weighted by Crippen LogP contribution is 2.25. The van der Waals surface area contributed by atoms with Crippen molar-refractivity contribution in [3.05, 3.63) is 73.6 Å². The third kappa shape index (κ3) is 1.60. The molecule has 0 spiro atoms. The first-order valence-corrected chi connectivity index (χ1v) is 10.7. The van der Waals surface area contributed by atoms with Gasteiger partial charge in [-0.1, -0.05) is 73.4 Å². The molecule has 0 unspecified atom stereocenters. The molecule has 0 aliphatic heterocycles. The van der Waals surface area contributed by atoms with E-state index >= 15 is 0 Å². The van der Waals surface area contributed by atoms with E-state index in [-0.39, 0.29) is 0 Å². The zero-order valence-electron chi connectivity index (χ0n) is 12.2. The van der Waals surface area contributed by atoms with E-state index in [1.54, 1.807) is 5.20 Å². The van der Waals surface area contributed by atoms with Crippen molar-refractivity contribution in [3.63, 3.8) is 0 Å². The van der Waals surface area contributed by atoms with Crippen molar-refractivity contribution in [2.75, 3.05) is 0 Å². The predicted octanol–water partition coefficient (Wildman–Crippen LogP) is 3.17.